The number of hydrogen-bond donors (Lipinski definition) is 0. The van der Waals surface area contributed by atoms with Crippen molar-refractivity contribution < 1.29 is 22.7 Å². The van der Waals surface area contributed by atoms with Gasteiger partial charge in [-0.25, -0.2) is 18.2 Å². The van der Waals surface area contributed by atoms with Crippen molar-refractivity contribution in [2.45, 2.75) is 19.8 Å². The summed E-state index contributed by atoms with van der Waals surface area (Å²) in [6.45, 7) is 1.68. The Bertz CT molecular complexity index is 426. The van der Waals surface area contributed by atoms with Crippen LogP contribution in [0.25, 0.3) is 0 Å². The fourth-order valence-corrected chi connectivity index (χ4v) is 1.38. The van der Waals surface area contributed by atoms with Gasteiger partial charge in [0.15, 0.2) is 0 Å². The summed E-state index contributed by atoms with van der Waals surface area (Å²) in [7, 11) is 0. The topological polar surface area (TPSA) is 39.2 Å². The monoisotopic (exact) mass is 267 g/mol. The molecule has 1 heterocycles. The maximum absolute atomic E-state index is 13.6. The van der Waals surface area contributed by atoms with E-state index in [1.54, 1.807) is 6.92 Å². The van der Waals surface area contributed by atoms with Crippen molar-refractivity contribution in [1.29, 1.82) is 0 Å². The third-order valence-corrected chi connectivity index (χ3v) is 2.27. The van der Waals surface area contributed by atoms with Gasteiger partial charge in [-0.1, -0.05) is 11.6 Å². The van der Waals surface area contributed by atoms with E-state index in [-0.39, 0.29) is 17.3 Å². The quantitative estimate of drug-likeness (QED) is 0.622. The van der Waals surface area contributed by atoms with Crippen LogP contribution < -0.4 is 0 Å². The second-order valence-electron chi connectivity index (χ2n) is 3.08. The van der Waals surface area contributed by atoms with Gasteiger partial charge < -0.3 is 4.74 Å². The molecule has 94 valence electrons. The fourth-order valence-electron chi connectivity index (χ4n) is 1.18. The zero-order chi connectivity index (χ0) is 13.0. The molecule has 0 saturated heterocycles. The highest BCUT2D eigenvalue weighted by molar-refractivity contribution is 6.30. The summed E-state index contributed by atoms with van der Waals surface area (Å²) in [6, 6.07) is 0. The van der Waals surface area contributed by atoms with E-state index in [1.165, 1.54) is 0 Å². The summed E-state index contributed by atoms with van der Waals surface area (Å²) in [5.74, 6) is -1.96. The van der Waals surface area contributed by atoms with Crippen molar-refractivity contribution in [3.63, 3.8) is 0 Å². The average Bonchev–Trinajstić information content (AvgIpc) is 2.24. The Labute approximate surface area is 101 Å². The maximum Gasteiger partial charge on any atom is 0.310 e. The summed E-state index contributed by atoms with van der Waals surface area (Å²) >= 11 is 5.55. The smallest absolute Gasteiger partial charge is 0.310 e. The minimum atomic E-state index is -3.01. The van der Waals surface area contributed by atoms with Crippen LogP contribution in [0.15, 0.2) is 6.20 Å². The number of carbonyl (C=O) groups excluding carboxylic acids is 1. The first-order valence-electron chi connectivity index (χ1n) is 4.73. The Balaban J connectivity index is 3.05. The molecule has 0 saturated carbocycles. The highest BCUT2D eigenvalue weighted by atomic mass is 35.5. The Morgan fingerprint density at radius 1 is 1.59 bits per heavy atom. The maximum atomic E-state index is 13.6. The van der Waals surface area contributed by atoms with Crippen molar-refractivity contribution in [3.8, 4) is 0 Å². The lowest BCUT2D eigenvalue weighted by molar-refractivity contribution is -0.142. The SMILES string of the molecule is CCOC(=O)Cc1c(Cl)ncc(C(F)F)c1F. The molecule has 0 aromatic carbocycles. The van der Waals surface area contributed by atoms with Crippen LogP contribution in [-0.4, -0.2) is 17.6 Å². The molecule has 0 spiro atoms. The zero-order valence-corrected chi connectivity index (χ0v) is 9.60. The van der Waals surface area contributed by atoms with Crippen LogP contribution in [0, 0.1) is 5.82 Å². The van der Waals surface area contributed by atoms with Gasteiger partial charge in [-0.05, 0) is 6.92 Å². The van der Waals surface area contributed by atoms with E-state index >= 15 is 0 Å². The van der Waals surface area contributed by atoms with Gasteiger partial charge in [0, 0.05) is 11.8 Å². The third-order valence-electron chi connectivity index (χ3n) is 1.95. The van der Waals surface area contributed by atoms with Crippen LogP contribution in [0.4, 0.5) is 13.2 Å². The molecule has 1 rings (SSSR count). The summed E-state index contributed by atoms with van der Waals surface area (Å²) in [4.78, 5) is 14.5. The van der Waals surface area contributed by atoms with Gasteiger partial charge in [0.05, 0.1) is 18.6 Å². The lowest BCUT2D eigenvalue weighted by Gasteiger charge is -2.08. The van der Waals surface area contributed by atoms with E-state index in [1.807, 2.05) is 0 Å². The second-order valence-corrected chi connectivity index (χ2v) is 3.44. The van der Waals surface area contributed by atoms with E-state index in [4.69, 9.17) is 11.6 Å². The molecule has 0 aliphatic heterocycles. The van der Waals surface area contributed by atoms with Crippen molar-refractivity contribution in [2.75, 3.05) is 6.61 Å². The first kappa shape index (κ1) is 13.8. The number of ether oxygens (including phenoxy) is 1. The zero-order valence-electron chi connectivity index (χ0n) is 8.84. The molecular formula is C10H9ClF3NO2. The molecule has 7 heteroatoms. The standard InChI is InChI=1S/C10H9ClF3NO2/c1-2-17-7(16)3-5-8(12)6(10(13)14)4-15-9(5)11/h4,10H,2-3H2,1H3. The highest BCUT2D eigenvalue weighted by Gasteiger charge is 2.21. The average molecular weight is 268 g/mol. The molecule has 0 radical (unpaired) electrons. The van der Waals surface area contributed by atoms with Crippen LogP contribution in [0.5, 0.6) is 0 Å². The fraction of sp³-hybridized carbons (Fsp3) is 0.400. The lowest BCUT2D eigenvalue weighted by atomic mass is 10.1. The molecule has 0 bridgehead atoms. The molecule has 3 nitrogen and oxygen atoms in total. The lowest BCUT2D eigenvalue weighted by Crippen LogP contribution is -2.11. The number of halogens is 4. The van der Waals surface area contributed by atoms with Crippen molar-refractivity contribution in [2.24, 2.45) is 0 Å². The van der Waals surface area contributed by atoms with Gasteiger partial charge in [-0.3, -0.25) is 4.79 Å². The first-order chi connectivity index (χ1) is 7.97. The normalized spacial score (nSPS) is 10.7. The van der Waals surface area contributed by atoms with Crippen molar-refractivity contribution in [3.05, 3.63) is 28.3 Å². The highest BCUT2D eigenvalue weighted by Crippen LogP contribution is 2.27. The predicted octanol–water partition coefficient (Wildman–Crippen LogP) is 2.92. The second kappa shape index (κ2) is 5.86. The molecule has 0 N–H and O–H groups in total. The van der Waals surface area contributed by atoms with Crippen LogP contribution in [0.1, 0.15) is 24.5 Å². The molecule has 0 fully saturated rings. The van der Waals surface area contributed by atoms with Crippen LogP contribution in [0.2, 0.25) is 5.15 Å². The molecule has 1 aromatic heterocycles. The van der Waals surface area contributed by atoms with E-state index in [0.717, 1.165) is 0 Å². The van der Waals surface area contributed by atoms with Gasteiger partial charge in [0.2, 0.25) is 0 Å². The molecule has 1 aromatic rings. The Hall–Kier alpha value is -1.30. The number of alkyl halides is 2. The minimum absolute atomic E-state index is 0.111. The van der Waals surface area contributed by atoms with Crippen molar-refractivity contribution >= 4 is 17.6 Å². The number of aromatic nitrogens is 1. The molecule has 0 aliphatic rings. The predicted molar refractivity (Wildman–Crippen MR) is 54.5 cm³/mol. The van der Waals surface area contributed by atoms with E-state index < -0.39 is 30.2 Å². The van der Waals surface area contributed by atoms with Crippen LogP contribution >= 0.6 is 11.6 Å². The van der Waals surface area contributed by atoms with Gasteiger partial charge in [0.25, 0.3) is 6.43 Å². The number of carbonyl (C=O) groups is 1. The number of rotatable bonds is 4. The van der Waals surface area contributed by atoms with E-state index in [9.17, 15) is 18.0 Å². The number of hydrogen-bond acceptors (Lipinski definition) is 3. The number of esters is 1. The molecule has 0 aliphatic carbocycles. The largest absolute Gasteiger partial charge is 0.466 e. The molecule has 0 atom stereocenters. The Kier molecular flexibility index (Phi) is 4.74. The van der Waals surface area contributed by atoms with Gasteiger partial charge >= 0.3 is 5.97 Å². The van der Waals surface area contributed by atoms with Gasteiger partial charge in [-0.2, -0.15) is 0 Å². The number of nitrogens with zero attached hydrogens (tertiary/aromatic N) is 1. The summed E-state index contributed by atoms with van der Waals surface area (Å²) < 4.78 is 42.9. The Morgan fingerprint density at radius 3 is 2.76 bits per heavy atom. The van der Waals surface area contributed by atoms with E-state index in [2.05, 4.69) is 9.72 Å². The molecule has 17 heavy (non-hydrogen) atoms. The summed E-state index contributed by atoms with van der Waals surface area (Å²) in [5.41, 5.74) is -1.25. The Morgan fingerprint density at radius 2 is 2.24 bits per heavy atom. The summed E-state index contributed by atoms with van der Waals surface area (Å²) in [5, 5.41) is -0.319. The van der Waals surface area contributed by atoms with Crippen LogP contribution in [0.3, 0.4) is 0 Å². The molecule has 0 unspecified atom stereocenters. The van der Waals surface area contributed by atoms with Gasteiger partial charge in [0.1, 0.15) is 11.0 Å². The summed E-state index contributed by atoms with van der Waals surface area (Å²) in [6.07, 6.45) is -2.89. The third kappa shape index (κ3) is 3.33. The molecular weight excluding hydrogens is 259 g/mol. The minimum Gasteiger partial charge on any atom is -0.466 e. The van der Waals surface area contributed by atoms with Gasteiger partial charge in [-0.15, -0.1) is 0 Å². The number of pyridine rings is 1. The first-order valence-corrected chi connectivity index (χ1v) is 5.11. The van der Waals surface area contributed by atoms with E-state index in [0.29, 0.717) is 6.20 Å². The van der Waals surface area contributed by atoms with Crippen molar-refractivity contribution in [1.82, 2.24) is 4.98 Å². The van der Waals surface area contributed by atoms with Crippen LogP contribution in [-0.2, 0) is 16.0 Å². The molecule has 0 amide bonds.